The summed E-state index contributed by atoms with van der Waals surface area (Å²) < 4.78 is 0. The highest BCUT2D eigenvalue weighted by Crippen LogP contribution is 2.22. The number of hydrogen-bond acceptors (Lipinski definition) is 2. The second kappa shape index (κ2) is 5.48. The number of thiophene rings is 1. The van der Waals surface area contributed by atoms with Crippen LogP contribution >= 0.6 is 22.9 Å². The summed E-state index contributed by atoms with van der Waals surface area (Å²) in [5.41, 5.74) is 2.48. The highest BCUT2D eigenvalue weighted by atomic mass is 35.5. The molecule has 0 radical (unpaired) electrons. The van der Waals surface area contributed by atoms with Crippen LogP contribution in [0.5, 0.6) is 0 Å². The van der Waals surface area contributed by atoms with Gasteiger partial charge in [-0.1, -0.05) is 29.8 Å². The van der Waals surface area contributed by atoms with E-state index in [2.05, 4.69) is 35.1 Å². The fraction of sp³-hybridized carbons (Fsp3) is 0.231. The third-order valence-electron chi connectivity index (χ3n) is 2.56. The molecule has 0 aliphatic carbocycles. The Hall–Kier alpha value is -0.830. The first-order valence-corrected chi connectivity index (χ1v) is 6.58. The molecular weight excluding hydrogens is 238 g/mol. The molecular formula is C13H14ClNS. The van der Waals surface area contributed by atoms with Gasteiger partial charge in [0.25, 0.3) is 0 Å². The SMILES string of the molecule is C[C@@H](NCc1ccsc1)c1ccccc1Cl. The molecule has 16 heavy (non-hydrogen) atoms. The zero-order valence-electron chi connectivity index (χ0n) is 9.11. The van der Waals surface area contributed by atoms with Crippen LogP contribution in [0.4, 0.5) is 0 Å². The molecule has 2 aromatic rings. The van der Waals surface area contributed by atoms with E-state index in [1.807, 2.05) is 18.2 Å². The van der Waals surface area contributed by atoms with Gasteiger partial charge in [0.1, 0.15) is 0 Å². The molecule has 0 amide bonds. The number of rotatable bonds is 4. The van der Waals surface area contributed by atoms with Crippen LogP contribution in [-0.2, 0) is 6.54 Å². The van der Waals surface area contributed by atoms with Crippen LogP contribution in [-0.4, -0.2) is 0 Å². The quantitative estimate of drug-likeness (QED) is 0.857. The Labute approximate surface area is 105 Å². The van der Waals surface area contributed by atoms with Crippen molar-refractivity contribution in [1.82, 2.24) is 5.32 Å². The van der Waals surface area contributed by atoms with Gasteiger partial charge in [-0.05, 0) is 40.9 Å². The monoisotopic (exact) mass is 251 g/mol. The summed E-state index contributed by atoms with van der Waals surface area (Å²) in [5, 5.41) is 8.54. The molecule has 1 nitrogen and oxygen atoms in total. The van der Waals surface area contributed by atoms with Gasteiger partial charge in [-0.25, -0.2) is 0 Å². The van der Waals surface area contributed by atoms with E-state index >= 15 is 0 Å². The minimum Gasteiger partial charge on any atom is -0.306 e. The summed E-state index contributed by atoms with van der Waals surface area (Å²) in [6, 6.07) is 10.4. The van der Waals surface area contributed by atoms with Crippen LogP contribution in [0.15, 0.2) is 41.1 Å². The van der Waals surface area contributed by atoms with Crippen molar-refractivity contribution in [2.45, 2.75) is 19.5 Å². The molecule has 0 saturated carbocycles. The van der Waals surface area contributed by atoms with Crippen molar-refractivity contribution in [3.05, 3.63) is 57.2 Å². The number of hydrogen-bond donors (Lipinski definition) is 1. The van der Waals surface area contributed by atoms with E-state index in [0.717, 1.165) is 17.1 Å². The van der Waals surface area contributed by atoms with Gasteiger partial charge in [-0.2, -0.15) is 11.3 Å². The molecule has 0 aliphatic rings. The Kier molecular flexibility index (Phi) is 3.99. The first-order valence-electron chi connectivity index (χ1n) is 5.26. The van der Waals surface area contributed by atoms with Crippen molar-refractivity contribution in [2.75, 3.05) is 0 Å². The minimum absolute atomic E-state index is 0.272. The maximum Gasteiger partial charge on any atom is 0.0453 e. The second-order valence-corrected chi connectivity index (χ2v) is 4.94. The molecule has 1 N–H and O–H groups in total. The third-order valence-corrected chi connectivity index (χ3v) is 3.64. The second-order valence-electron chi connectivity index (χ2n) is 3.76. The summed E-state index contributed by atoms with van der Waals surface area (Å²) >= 11 is 7.87. The van der Waals surface area contributed by atoms with E-state index in [1.165, 1.54) is 5.56 Å². The zero-order valence-corrected chi connectivity index (χ0v) is 10.7. The molecule has 0 fully saturated rings. The molecule has 0 unspecified atom stereocenters. The summed E-state index contributed by atoms with van der Waals surface area (Å²) in [7, 11) is 0. The highest BCUT2D eigenvalue weighted by Gasteiger charge is 2.07. The number of nitrogens with one attached hydrogen (secondary N) is 1. The van der Waals surface area contributed by atoms with E-state index in [0.29, 0.717) is 0 Å². The molecule has 0 aliphatic heterocycles. The Bertz CT molecular complexity index is 439. The Balaban J connectivity index is 1.98. The average molecular weight is 252 g/mol. The Morgan fingerprint density at radius 1 is 1.31 bits per heavy atom. The van der Waals surface area contributed by atoms with E-state index in [1.54, 1.807) is 11.3 Å². The van der Waals surface area contributed by atoms with Gasteiger partial charge in [0.15, 0.2) is 0 Å². The molecule has 3 heteroatoms. The number of benzene rings is 1. The Morgan fingerprint density at radius 2 is 2.12 bits per heavy atom. The van der Waals surface area contributed by atoms with Crippen molar-refractivity contribution in [2.24, 2.45) is 0 Å². The van der Waals surface area contributed by atoms with Crippen LogP contribution in [0.25, 0.3) is 0 Å². The lowest BCUT2D eigenvalue weighted by molar-refractivity contribution is 0.575. The van der Waals surface area contributed by atoms with Crippen molar-refractivity contribution in [1.29, 1.82) is 0 Å². The highest BCUT2D eigenvalue weighted by molar-refractivity contribution is 7.07. The molecule has 0 bridgehead atoms. The van der Waals surface area contributed by atoms with E-state index in [9.17, 15) is 0 Å². The van der Waals surface area contributed by atoms with Crippen LogP contribution in [0.2, 0.25) is 5.02 Å². The van der Waals surface area contributed by atoms with Gasteiger partial charge in [-0.3, -0.25) is 0 Å². The molecule has 2 rings (SSSR count). The first kappa shape index (κ1) is 11.6. The fourth-order valence-electron chi connectivity index (χ4n) is 1.60. The lowest BCUT2D eigenvalue weighted by atomic mass is 10.1. The average Bonchev–Trinajstić information content (AvgIpc) is 2.79. The van der Waals surface area contributed by atoms with Gasteiger partial charge in [0, 0.05) is 17.6 Å². The lowest BCUT2D eigenvalue weighted by Crippen LogP contribution is -2.17. The molecule has 84 valence electrons. The van der Waals surface area contributed by atoms with E-state index < -0.39 is 0 Å². The van der Waals surface area contributed by atoms with Crippen molar-refractivity contribution < 1.29 is 0 Å². The lowest BCUT2D eigenvalue weighted by Gasteiger charge is -2.15. The standard InChI is InChI=1S/C13H14ClNS/c1-10(12-4-2-3-5-13(12)14)15-8-11-6-7-16-9-11/h2-7,9-10,15H,8H2,1H3/t10-/m1/s1. The summed E-state index contributed by atoms with van der Waals surface area (Å²) in [6.45, 7) is 3.02. The predicted octanol–water partition coefficient (Wildman–Crippen LogP) is 4.25. The smallest absolute Gasteiger partial charge is 0.0453 e. The Morgan fingerprint density at radius 3 is 2.81 bits per heavy atom. The van der Waals surface area contributed by atoms with Gasteiger partial charge in [0.05, 0.1) is 0 Å². The summed E-state index contributed by atoms with van der Waals surface area (Å²) in [4.78, 5) is 0. The topological polar surface area (TPSA) is 12.0 Å². The molecule has 0 spiro atoms. The van der Waals surface area contributed by atoms with Crippen molar-refractivity contribution in [3.8, 4) is 0 Å². The predicted molar refractivity (Wildman–Crippen MR) is 71.0 cm³/mol. The van der Waals surface area contributed by atoms with Crippen molar-refractivity contribution in [3.63, 3.8) is 0 Å². The van der Waals surface area contributed by atoms with Crippen LogP contribution in [0, 0.1) is 0 Å². The number of halogens is 1. The molecule has 1 aromatic heterocycles. The molecule has 1 heterocycles. The molecule has 0 saturated heterocycles. The summed E-state index contributed by atoms with van der Waals surface area (Å²) in [5.74, 6) is 0. The largest absolute Gasteiger partial charge is 0.306 e. The fourth-order valence-corrected chi connectivity index (χ4v) is 2.57. The van der Waals surface area contributed by atoms with Crippen LogP contribution < -0.4 is 5.32 Å². The van der Waals surface area contributed by atoms with Crippen molar-refractivity contribution >= 4 is 22.9 Å². The van der Waals surface area contributed by atoms with Gasteiger partial charge < -0.3 is 5.32 Å². The summed E-state index contributed by atoms with van der Waals surface area (Å²) in [6.07, 6.45) is 0. The van der Waals surface area contributed by atoms with Crippen LogP contribution in [0.3, 0.4) is 0 Å². The van der Waals surface area contributed by atoms with Gasteiger partial charge in [0.2, 0.25) is 0 Å². The van der Waals surface area contributed by atoms with Crippen LogP contribution in [0.1, 0.15) is 24.1 Å². The zero-order chi connectivity index (χ0) is 11.4. The van der Waals surface area contributed by atoms with Gasteiger partial charge in [-0.15, -0.1) is 0 Å². The van der Waals surface area contributed by atoms with E-state index in [4.69, 9.17) is 11.6 Å². The first-order chi connectivity index (χ1) is 7.77. The maximum atomic E-state index is 6.14. The van der Waals surface area contributed by atoms with E-state index in [-0.39, 0.29) is 6.04 Å². The van der Waals surface area contributed by atoms with Gasteiger partial charge >= 0.3 is 0 Å². The normalized spacial score (nSPS) is 12.6. The molecule has 1 aromatic carbocycles. The maximum absolute atomic E-state index is 6.14. The third kappa shape index (κ3) is 2.85. The minimum atomic E-state index is 0.272. The molecule has 1 atom stereocenters.